The lowest BCUT2D eigenvalue weighted by atomic mass is 10.2. The van der Waals surface area contributed by atoms with Gasteiger partial charge in [-0.25, -0.2) is 9.69 Å². The smallest absolute Gasteiger partial charge is 0.416 e. The molecule has 0 saturated carbocycles. The first-order valence-corrected chi connectivity index (χ1v) is 8.31. The van der Waals surface area contributed by atoms with Crippen LogP contribution < -0.4 is 4.90 Å². The van der Waals surface area contributed by atoms with Gasteiger partial charge in [0.1, 0.15) is 0 Å². The molecule has 0 aliphatic heterocycles. The van der Waals surface area contributed by atoms with Crippen LogP contribution in [0.5, 0.6) is 0 Å². The summed E-state index contributed by atoms with van der Waals surface area (Å²) in [5.74, 6) is 0. The van der Waals surface area contributed by atoms with E-state index in [2.05, 4.69) is 0 Å². The van der Waals surface area contributed by atoms with Crippen molar-refractivity contribution in [2.24, 2.45) is 0 Å². The average Bonchev–Trinajstić information content (AvgIpc) is 2.50. The first kappa shape index (κ1) is 19.1. The van der Waals surface area contributed by atoms with Crippen LogP contribution in [0.2, 0.25) is 35.2 Å². The minimum atomic E-state index is -1.42. The van der Waals surface area contributed by atoms with Gasteiger partial charge < -0.3 is 5.11 Å². The van der Waals surface area contributed by atoms with Gasteiger partial charge in [0.05, 0.1) is 41.5 Å². The van der Waals surface area contributed by atoms with Gasteiger partial charge in [0.15, 0.2) is 0 Å². The maximum atomic E-state index is 11.8. The Morgan fingerprint density at radius 2 is 1.30 bits per heavy atom. The SMILES string of the molecule is O=C(O)N(c1cc(Cl)ccc1Cl)c1c(Cl)c(Cl)c(Cl)c(Cl)c1Cl. The van der Waals surface area contributed by atoms with E-state index < -0.39 is 6.09 Å². The Kier molecular flexibility index (Phi) is 6.07. The van der Waals surface area contributed by atoms with Crippen molar-refractivity contribution in [3.63, 3.8) is 0 Å². The molecule has 2 aromatic carbocycles. The zero-order chi connectivity index (χ0) is 17.5. The molecule has 1 N–H and O–H groups in total. The highest BCUT2D eigenvalue weighted by molar-refractivity contribution is 6.57. The first-order valence-electron chi connectivity index (χ1n) is 5.66. The maximum Gasteiger partial charge on any atom is 0.416 e. The molecule has 1 amide bonds. The number of amides is 1. The molecule has 0 unspecified atom stereocenters. The Balaban J connectivity index is 2.84. The van der Waals surface area contributed by atoms with E-state index >= 15 is 0 Å². The van der Waals surface area contributed by atoms with E-state index in [9.17, 15) is 9.90 Å². The second kappa shape index (κ2) is 7.32. The van der Waals surface area contributed by atoms with Crippen molar-refractivity contribution in [3.05, 3.63) is 53.4 Å². The van der Waals surface area contributed by atoms with Crippen LogP contribution >= 0.6 is 81.2 Å². The van der Waals surface area contributed by atoms with Crippen LogP contribution in [0.1, 0.15) is 0 Å². The Morgan fingerprint density at radius 3 is 1.78 bits per heavy atom. The van der Waals surface area contributed by atoms with Crippen LogP contribution in [0, 0.1) is 0 Å². The molecular weight excluding hydrogens is 450 g/mol. The first-order chi connectivity index (χ1) is 10.7. The number of hydrogen-bond donors (Lipinski definition) is 1. The van der Waals surface area contributed by atoms with E-state index in [-0.39, 0.29) is 46.5 Å². The molecule has 0 aliphatic carbocycles. The number of carbonyl (C=O) groups is 1. The molecule has 23 heavy (non-hydrogen) atoms. The largest absolute Gasteiger partial charge is 0.464 e. The molecule has 122 valence electrons. The number of carboxylic acid groups (broad SMARTS) is 1. The van der Waals surface area contributed by atoms with Gasteiger partial charge in [-0.3, -0.25) is 0 Å². The Labute approximate surface area is 166 Å². The molecule has 0 atom stereocenters. The Hall–Kier alpha value is -0.260. The van der Waals surface area contributed by atoms with Crippen molar-refractivity contribution in [2.75, 3.05) is 4.90 Å². The summed E-state index contributed by atoms with van der Waals surface area (Å²) >= 11 is 42.1. The molecule has 2 aromatic rings. The second-order valence-corrected chi connectivity index (χ2v) is 6.87. The predicted molar refractivity (Wildman–Crippen MR) is 98.1 cm³/mol. The minimum Gasteiger partial charge on any atom is -0.464 e. The average molecular weight is 454 g/mol. The number of benzene rings is 2. The highest BCUT2D eigenvalue weighted by Crippen LogP contribution is 2.50. The molecule has 0 aliphatic rings. The van der Waals surface area contributed by atoms with Gasteiger partial charge >= 0.3 is 6.09 Å². The molecule has 2 rings (SSSR count). The van der Waals surface area contributed by atoms with Gasteiger partial charge in [-0.15, -0.1) is 0 Å². The lowest BCUT2D eigenvalue weighted by Crippen LogP contribution is -2.25. The molecule has 0 radical (unpaired) electrons. The Bertz CT molecular complexity index is 780. The van der Waals surface area contributed by atoms with Crippen LogP contribution in [-0.2, 0) is 0 Å². The molecule has 0 saturated heterocycles. The highest BCUT2D eigenvalue weighted by atomic mass is 35.5. The summed E-state index contributed by atoms with van der Waals surface area (Å²) in [6.45, 7) is 0. The maximum absolute atomic E-state index is 11.8. The van der Waals surface area contributed by atoms with Crippen molar-refractivity contribution in [2.45, 2.75) is 0 Å². The fourth-order valence-corrected chi connectivity index (χ4v) is 3.43. The lowest BCUT2D eigenvalue weighted by molar-refractivity contribution is 0.205. The van der Waals surface area contributed by atoms with Crippen molar-refractivity contribution >= 4 is 98.7 Å². The number of nitrogens with zero attached hydrogens (tertiary/aromatic N) is 1. The zero-order valence-electron chi connectivity index (χ0n) is 10.7. The van der Waals surface area contributed by atoms with E-state index in [0.29, 0.717) is 0 Å². The van der Waals surface area contributed by atoms with Crippen molar-refractivity contribution in [3.8, 4) is 0 Å². The molecule has 10 heteroatoms. The third-order valence-corrected chi connectivity index (χ3v) is 5.56. The molecule has 0 bridgehead atoms. The molecule has 3 nitrogen and oxygen atoms in total. The molecule has 0 fully saturated rings. The Morgan fingerprint density at radius 1 is 0.826 bits per heavy atom. The van der Waals surface area contributed by atoms with E-state index in [0.717, 1.165) is 4.90 Å². The molecular formula is C13H4Cl7NO2. The van der Waals surface area contributed by atoms with E-state index in [1.807, 2.05) is 0 Å². The summed E-state index contributed by atoms with van der Waals surface area (Å²) in [7, 11) is 0. The van der Waals surface area contributed by atoms with E-state index in [1.54, 1.807) is 0 Å². The number of rotatable bonds is 2. The van der Waals surface area contributed by atoms with Gasteiger partial charge in [-0.2, -0.15) is 0 Å². The summed E-state index contributed by atoms with van der Waals surface area (Å²) < 4.78 is 0. The van der Waals surface area contributed by atoms with Crippen LogP contribution in [0.15, 0.2) is 18.2 Å². The summed E-state index contributed by atoms with van der Waals surface area (Å²) in [5, 5.41) is 9.20. The highest BCUT2D eigenvalue weighted by Gasteiger charge is 2.29. The van der Waals surface area contributed by atoms with Crippen LogP contribution in [0.4, 0.5) is 16.2 Å². The quantitative estimate of drug-likeness (QED) is 0.368. The summed E-state index contributed by atoms with van der Waals surface area (Å²) in [6, 6.07) is 4.26. The van der Waals surface area contributed by atoms with Gasteiger partial charge in [0.25, 0.3) is 0 Å². The number of hydrogen-bond acceptors (Lipinski definition) is 1. The summed E-state index contributed by atoms with van der Waals surface area (Å²) in [6.07, 6.45) is -1.42. The normalized spacial score (nSPS) is 10.7. The van der Waals surface area contributed by atoms with Gasteiger partial charge in [-0.05, 0) is 18.2 Å². The van der Waals surface area contributed by atoms with Crippen LogP contribution in [0.25, 0.3) is 0 Å². The van der Waals surface area contributed by atoms with Crippen molar-refractivity contribution < 1.29 is 9.90 Å². The van der Waals surface area contributed by atoms with Crippen molar-refractivity contribution in [1.29, 1.82) is 0 Å². The third-order valence-electron chi connectivity index (χ3n) is 2.75. The zero-order valence-corrected chi connectivity index (χ0v) is 16.0. The second-order valence-electron chi connectivity index (χ2n) is 4.13. The minimum absolute atomic E-state index is 0.0323. The van der Waals surface area contributed by atoms with E-state index in [1.165, 1.54) is 18.2 Å². The third kappa shape index (κ3) is 3.57. The molecule has 0 spiro atoms. The van der Waals surface area contributed by atoms with Gasteiger partial charge in [-0.1, -0.05) is 81.2 Å². The standard InChI is InChI=1S/C13H4Cl7NO2/c14-4-1-2-5(15)6(3-4)21(13(22)23)12-10(19)8(17)7(16)9(18)11(12)20/h1-3H,(H,22,23). The van der Waals surface area contributed by atoms with Crippen LogP contribution in [-0.4, -0.2) is 11.2 Å². The lowest BCUT2D eigenvalue weighted by Gasteiger charge is -2.24. The topological polar surface area (TPSA) is 40.5 Å². The molecule has 0 aromatic heterocycles. The van der Waals surface area contributed by atoms with Crippen LogP contribution in [0.3, 0.4) is 0 Å². The fourth-order valence-electron chi connectivity index (χ4n) is 1.77. The summed E-state index contributed by atoms with van der Waals surface area (Å²) in [5.41, 5.74) is -0.144. The van der Waals surface area contributed by atoms with Gasteiger partial charge in [0, 0.05) is 5.02 Å². The van der Waals surface area contributed by atoms with Gasteiger partial charge in [0.2, 0.25) is 0 Å². The predicted octanol–water partition coefficient (Wildman–Crippen LogP) is 8.08. The fraction of sp³-hybridized carbons (Fsp3) is 0. The number of anilines is 2. The number of halogens is 7. The molecule has 0 heterocycles. The summed E-state index contributed by atoms with van der Waals surface area (Å²) in [4.78, 5) is 12.5. The van der Waals surface area contributed by atoms with Crippen molar-refractivity contribution in [1.82, 2.24) is 0 Å². The van der Waals surface area contributed by atoms with E-state index in [4.69, 9.17) is 81.2 Å². The monoisotopic (exact) mass is 451 g/mol.